The lowest BCUT2D eigenvalue weighted by atomic mass is 9.99. The monoisotopic (exact) mass is 354 g/mol. The lowest BCUT2D eigenvalue weighted by molar-refractivity contribution is -0.131. The summed E-state index contributed by atoms with van der Waals surface area (Å²) in [6, 6.07) is 10.2. The number of ether oxygens (including phenoxy) is 3. The van der Waals surface area contributed by atoms with E-state index in [4.69, 9.17) is 18.6 Å². The van der Waals surface area contributed by atoms with Crippen LogP contribution in [0, 0.1) is 6.92 Å². The number of benzene rings is 2. The molecular formula is C20H18O6. The smallest absolute Gasteiger partial charge is 0.344 e. The van der Waals surface area contributed by atoms with E-state index in [2.05, 4.69) is 0 Å². The molecule has 1 aromatic heterocycles. The van der Waals surface area contributed by atoms with Crippen LogP contribution in [0.4, 0.5) is 0 Å². The maximum absolute atomic E-state index is 12.6. The highest BCUT2D eigenvalue weighted by Gasteiger charge is 2.16. The number of carbonyl (C=O) groups is 1. The second kappa shape index (κ2) is 6.92. The molecule has 134 valence electrons. The molecule has 0 radical (unpaired) electrons. The first-order valence-electron chi connectivity index (χ1n) is 7.93. The number of esters is 1. The van der Waals surface area contributed by atoms with E-state index >= 15 is 0 Å². The molecule has 0 N–H and O–H groups in total. The minimum absolute atomic E-state index is 0.325. The van der Waals surface area contributed by atoms with Gasteiger partial charge < -0.3 is 18.6 Å². The second-order valence-electron chi connectivity index (χ2n) is 5.71. The van der Waals surface area contributed by atoms with Crippen LogP contribution in [0.1, 0.15) is 12.5 Å². The zero-order chi connectivity index (χ0) is 18.8. The van der Waals surface area contributed by atoms with Crippen LogP contribution in [0.2, 0.25) is 0 Å². The minimum Gasteiger partial charge on any atom is -0.493 e. The van der Waals surface area contributed by atoms with Gasteiger partial charge in [-0.15, -0.1) is 0 Å². The summed E-state index contributed by atoms with van der Waals surface area (Å²) in [4.78, 5) is 23.7. The number of aryl methyl sites for hydroxylation is 1. The molecule has 0 bridgehead atoms. The van der Waals surface area contributed by atoms with Crippen LogP contribution in [0.3, 0.4) is 0 Å². The third kappa shape index (κ3) is 3.13. The average Bonchev–Trinajstić information content (AvgIpc) is 2.60. The Balaban J connectivity index is 2.18. The molecule has 0 saturated carbocycles. The Bertz CT molecular complexity index is 1050. The van der Waals surface area contributed by atoms with Crippen molar-refractivity contribution >= 4 is 16.9 Å². The molecule has 3 rings (SSSR count). The highest BCUT2D eigenvalue weighted by Crippen LogP contribution is 2.34. The molecule has 0 amide bonds. The van der Waals surface area contributed by atoms with Gasteiger partial charge >= 0.3 is 11.6 Å². The van der Waals surface area contributed by atoms with Gasteiger partial charge in [-0.3, -0.25) is 4.79 Å². The van der Waals surface area contributed by atoms with Gasteiger partial charge in [0.15, 0.2) is 11.5 Å². The zero-order valence-corrected chi connectivity index (χ0v) is 14.9. The highest BCUT2D eigenvalue weighted by molar-refractivity contribution is 5.88. The number of fused-ring (bicyclic) bond motifs is 1. The molecule has 0 atom stereocenters. The number of methoxy groups -OCH3 is 2. The van der Waals surface area contributed by atoms with Crippen molar-refractivity contribution in [2.75, 3.05) is 14.2 Å². The van der Waals surface area contributed by atoms with Crippen molar-refractivity contribution < 1.29 is 23.4 Å². The molecule has 0 aliphatic carbocycles. The van der Waals surface area contributed by atoms with Gasteiger partial charge in [0, 0.05) is 18.4 Å². The number of hydrogen-bond acceptors (Lipinski definition) is 6. The summed E-state index contributed by atoms with van der Waals surface area (Å²) < 4.78 is 21.0. The Labute approximate surface area is 149 Å². The molecule has 26 heavy (non-hydrogen) atoms. The molecule has 0 saturated heterocycles. The van der Waals surface area contributed by atoms with Crippen molar-refractivity contribution in [3.63, 3.8) is 0 Å². The van der Waals surface area contributed by atoms with E-state index in [-0.39, 0.29) is 0 Å². The van der Waals surface area contributed by atoms with Gasteiger partial charge in [-0.1, -0.05) is 6.07 Å². The Kier molecular flexibility index (Phi) is 4.67. The first kappa shape index (κ1) is 17.5. The van der Waals surface area contributed by atoms with Crippen LogP contribution < -0.4 is 19.8 Å². The third-order valence-corrected chi connectivity index (χ3v) is 4.07. The van der Waals surface area contributed by atoms with Crippen molar-refractivity contribution in [2.24, 2.45) is 0 Å². The van der Waals surface area contributed by atoms with Gasteiger partial charge in [-0.2, -0.15) is 0 Å². The number of rotatable bonds is 4. The lowest BCUT2D eigenvalue weighted by Gasteiger charge is -2.12. The van der Waals surface area contributed by atoms with Crippen molar-refractivity contribution in [1.29, 1.82) is 0 Å². The molecule has 2 aromatic carbocycles. The van der Waals surface area contributed by atoms with Crippen LogP contribution in [-0.4, -0.2) is 20.2 Å². The Hall–Kier alpha value is -3.28. The molecule has 0 unspecified atom stereocenters. The number of carbonyl (C=O) groups excluding carboxylic acids is 1. The maximum atomic E-state index is 12.6. The third-order valence-electron chi connectivity index (χ3n) is 4.07. The molecule has 3 aromatic rings. The topological polar surface area (TPSA) is 75.0 Å². The summed E-state index contributed by atoms with van der Waals surface area (Å²) in [6.07, 6.45) is 0. The van der Waals surface area contributed by atoms with Gasteiger partial charge in [-0.25, -0.2) is 4.79 Å². The van der Waals surface area contributed by atoms with E-state index in [0.29, 0.717) is 34.0 Å². The zero-order valence-electron chi connectivity index (χ0n) is 14.9. The summed E-state index contributed by atoms with van der Waals surface area (Å²) in [5.41, 5.74) is 1.74. The summed E-state index contributed by atoms with van der Waals surface area (Å²) in [7, 11) is 3.09. The van der Waals surface area contributed by atoms with Gasteiger partial charge in [0.05, 0.1) is 19.8 Å². The van der Waals surface area contributed by atoms with E-state index < -0.39 is 11.6 Å². The molecule has 1 heterocycles. The molecule has 0 fully saturated rings. The SMILES string of the molecule is COc1ccc(-c2c(C)c3ccc(OC(C)=O)cc3oc2=O)cc1OC. The van der Waals surface area contributed by atoms with E-state index in [9.17, 15) is 9.59 Å². The van der Waals surface area contributed by atoms with E-state index in [1.54, 1.807) is 37.4 Å². The van der Waals surface area contributed by atoms with Gasteiger partial charge in [0.1, 0.15) is 11.3 Å². The van der Waals surface area contributed by atoms with Crippen molar-refractivity contribution in [3.05, 3.63) is 52.4 Å². The fourth-order valence-electron chi connectivity index (χ4n) is 2.89. The van der Waals surface area contributed by atoms with Gasteiger partial charge in [0.25, 0.3) is 0 Å². The second-order valence-corrected chi connectivity index (χ2v) is 5.71. The first-order chi connectivity index (χ1) is 12.4. The van der Waals surface area contributed by atoms with Crippen molar-refractivity contribution in [2.45, 2.75) is 13.8 Å². The summed E-state index contributed by atoms with van der Waals surface area (Å²) in [5, 5.41) is 0.755. The van der Waals surface area contributed by atoms with Crippen LogP contribution in [0.5, 0.6) is 17.2 Å². The first-order valence-corrected chi connectivity index (χ1v) is 7.93. The molecule has 6 heteroatoms. The fraction of sp³-hybridized carbons (Fsp3) is 0.200. The molecule has 0 aliphatic heterocycles. The quantitative estimate of drug-likeness (QED) is 0.404. The highest BCUT2D eigenvalue weighted by atomic mass is 16.5. The predicted octanol–water partition coefficient (Wildman–Crippen LogP) is 3.71. The predicted molar refractivity (Wildman–Crippen MR) is 97.1 cm³/mol. The molecular weight excluding hydrogens is 336 g/mol. The summed E-state index contributed by atoms with van der Waals surface area (Å²) >= 11 is 0. The minimum atomic E-state index is -0.484. The number of hydrogen-bond donors (Lipinski definition) is 0. The summed E-state index contributed by atoms with van der Waals surface area (Å²) in [5.74, 6) is 0.982. The largest absolute Gasteiger partial charge is 0.493 e. The Morgan fingerprint density at radius 2 is 1.73 bits per heavy atom. The van der Waals surface area contributed by atoms with Crippen LogP contribution in [-0.2, 0) is 4.79 Å². The lowest BCUT2D eigenvalue weighted by Crippen LogP contribution is -2.07. The Morgan fingerprint density at radius 3 is 2.38 bits per heavy atom. The molecule has 0 aliphatic rings. The maximum Gasteiger partial charge on any atom is 0.344 e. The van der Waals surface area contributed by atoms with E-state index in [1.807, 2.05) is 6.92 Å². The normalized spacial score (nSPS) is 10.6. The van der Waals surface area contributed by atoms with Crippen LogP contribution in [0.15, 0.2) is 45.6 Å². The fourth-order valence-corrected chi connectivity index (χ4v) is 2.89. The Morgan fingerprint density at radius 1 is 1.00 bits per heavy atom. The molecule has 6 nitrogen and oxygen atoms in total. The standard InChI is InChI=1S/C20H18O6/c1-11-15-7-6-14(25-12(2)21)10-17(15)26-20(22)19(11)13-5-8-16(23-3)18(9-13)24-4/h5-10H,1-4H3. The average molecular weight is 354 g/mol. The van der Waals surface area contributed by atoms with Crippen molar-refractivity contribution in [3.8, 4) is 28.4 Å². The van der Waals surface area contributed by atoms with E-state index in [1.165, 1.54) is 20.1 Å². The van der Waals surface area contributed by atoms with Crippen LogP contribution in [0.25, 0.3) is 22.1 Å². The van der Waals surface area contributed by atoms with Crippen molar-refractivity contribution in [1.82, 2.24) is 0 Å². The summed E-state index contributed by atoms with van der Waals surface area (Å²) in [6.45, 7) is 3.16. The van der Waals surface area contributed by atoms with E-state index in [0.717, 1.165) is 10.9 Å². The molecule has 0 spiro atoms. The van der Waals surface area contributed by atoms with Gasteiger partial charge in [0.2, 0.25) is 0 Å². The van der Waals surface area contributed by atoms with Gasteiger partial charge in [-0.05, 0) is 42.3 Å². The van der Waals surface area contributed by atoms with Crippen LogP contribution >= 0.6 is 0 Å².